The van der Waals surface area contributed by atoms with Gasteiger partial charge in [0.25, 0.3) is 0 Å². The van der Waals surface area contributed by atoms with Gasteiger partial charge in [0.1, 0.15) is 18.2 Å². The van der Waals surface area contributed by atoms with Crippen LogP contribution in [0.15, 0.2) is 42.5 Å². The van der Waals surface area contributed by atoms with Crippen molar-refractivity contribution in [2.75, 3.05) is 18.5 Å². The van der Waals surface area contributed by atoms with Crippen LogP contribution in [0.3, 0.4) is 0 Å². The topological polar surface area (TPSA) is 41.5 Å². The fraction of sp³-hybridized carbons (Fsp3) is 0.250. The smallest absolute Gasteiger partial charge is 0.123 e. The SMILES string of the molecule is Cc1cc(F)ccc1CNc1ccc(OCCO)cc1. The molecule has 0 heterocycles. The molecule has 0 radical (unpaired) electrons. The number of rotatable bonds is 6. The van der Waals surface area contributed by atoms with Crippen molar-refractivity contribution in [3.63, 3.8) is 0 Å². The van der Waals surface area contributed by atoms with Crippen LogP contribution in [-0.2, 0) is 6.54 Å². The van der Waals surface area contributed by atoms with Crippen LogP contribution in [0.25, 0.3) is 0 Å². The molecule has 0 aromatic heterocycles. The molecule has 0 aliphatic rings. The molecule has 0 spiro atoms. The number of benzene rings is 2. The number of aliphatic hydroxyl groups excluding tert-OH is 1. The first-order chi connectivity index (χ1) is 9.69. The van der Waals surface area contributed by atoms with E-state index in [2.05, 4.69) is 5.32 Å². The summed E-state index contributed by atoms with van der Waals surface area (Å²) in [4.78, 5) is 0. The highest BCUT2D eigenvalue weighted by atomic mass is 19.1. The molecule has 0 amide bonds. The van der Waals surface area contributed by atoms with Gasteiger partial charge in [0.2, 0.25) is 0 Å². The van der Waals surface area contributed by atoms with E-state index in [0.29, 0.717) is 13.2 Å². The molecule has 2 aromatic carbocycles. The second-order valence-electron chi connectivity index (χ2n) is 4.52. The van der Waals surface area contributed by atoms with Gasteiger partial charge in [-0.15, -0.1) is 0 Å². The number of hydrogen-bond acceptors (Lipinski definition) is 3. The van der Waals surface area contributed by atoms with Crippen LogP contribution < -0.4 is 10.1 Å². The van der Waals surface area contributed by atoms with Crippen LogP contribution in [0, 0.1) is 12.7 Å². The number of halogens is 1. The van der Waals surface area contributed by atoms with Crippen molar-refractivity contribution in [1.82, 2.24) is 0 Å². The first kappa shape index (κ1) is 14.3. The average molecular weight is 275 g/mol. The molecule has 106 valence electrons. The molecule has 2 N–H and O–H groups in total. The zero-order valence-electron chi connectivity index (χ0n) is 11.4. The van der Waals surface area contributed by atoms with Gasteiger partial charge in [-0.2, -0.15) is 0 Å². The van der Waals surface area contributed by atoms with Gasteiger partial charge in [-0.1, -0.05) is 6.07 Å². The number of nitrogens with one attached hydrogen (secondary N) is 1. The Labute approximate surface area is 118 Å². The number of ether oxygens (including phenoxy) is 1. The zero-order valence-corrected chi connectivity index (χ0v) is 11.4. The molecule has 4 heteroatoms. The average Bonchev–Trinajstić information content (AvgIpc) is 2.45. The quantitative estimate of drug-likeness (QED) is 0.851. The van der Waals surface area contributed by atoms with Crippen molar-refractivity contribution in [3.05, 3.63) is 59.4 Å². The number of anilines is 1. The molecule has 0 aliphatic heterocycles. The summed E-state index contributed by atoms with van der Waals surface area (Å²) < 4.78 is 18.3. The summed E-state index contributed by atoms with van der Waals surface area (Å²) in [5.74, 6) is 0.513. The van der Waals surface area contributed by atoms with Gasteiger partial charge in [0.05, 0.1) is 6.61 Å². The van der Waals surface area contributed by atoms with E-state index in [1.165, 1.54) is 12.1 Å². The molecule has 0 aliphatic carbocycles. The third-order valence-corrected chi connectivity index (χ3v) is 3.00. The molecule has 2 rings (SSSR count). The molecule has 0 saturated heterocycles. The fourth-order valence-electron chi connectivity index (χ4n) is 1.89. The number of aryl methyl sites for hydroxylation is 1. The Hall–Kier alpha value is -2.07. The monoisotopic (exact) mass is 275 g/mol. The maximum atomic E-state index is 13.0. The molecule has 2 aromatic rings. The number of hydrogen-bond donors (Lipinski definition) is 2. The van der Waals surface area contributed by atoms with Gasteiger partial charge in [-0.05, 0) is 54.4 Å². The Bertz CT molecular complexity index is 555. The summed E-state index contributed by atoms with van der Waals surface area (Å²) in [6, 6.07) is 12.3. The lowest BCUT2D eigenvalue weighted by molar-refractivity contribution is 0.201. The lowest BCUT2D eigenvalue weighted by Crippen LogP contribution is -2.03. The summed E-state index contributed by atoms with van der Waals surface area (Å²) in [6.45, 7) is 2.83. The van der Waals surface area contributed by atoms with Crippen molar-refractivity contribution in [3.8, 4) is 5.75 Å². The third-order valence-electron chi connectivity index (χ3n) is 3.00. The van der Waals surface area contributed by atoms with Crippen LogP contribution in [0.5, 0.6) is 5.75 Å². The van der Waals surface area contributed by atoms with Crippen LogP contribution in [0.1, 0.15) is 11.1 Å². The van der Waals surface area contributed by atoms with E-state index in [9.17, 15) is 4.39 Å². The minimum atomic E-state index is -0.211. The predicted octanol–water partition coefficient (Wildman–Crippen LogP) is 3.12. The van der Waals surface area contributed by atoms with Crippen LogP contribution in [0.2, 0.25) is 0 Å². The molecule has 0 fully saturated rings. The fourth-order valence-corrected chi connectivity index (χ4v) is 1.89. The standard InChI is InChI=1S/C16H18FNO2/c1-12-10-14(17)3-2-13(12)11-18-15-4-6-16(7-5-15)20-9-8-19/h2-7,10,18-19H,8-9,11H2,1H3. The lowest BCUT2D eigenvalue weighted by Gasteiger charge is -2.10. The second-order valence-corrected chi connectivity index (χ2v) is 4.52. The van der Waals surface area contributed by atoms with Crippen LogP contribution in [0.4, 0.5) is 10.1 Å². The number of aliphatic hydroxyl groups is 1. The minimum Gasteiger partial charge on any atom is -0.491 e. The molecule has 20 heavy (non-hydrogen) atoms. The molecule has 0 unspecified atom stereocenters. The lowest BCUT2D eigenvalue weighted by atomic mass is 10.1. The van der Waals surface area contributed by atoms with E-state index < -0.39 is 0 Å². The van der Waals surface area contributed by atoms with E-state index in [0.717, 1.165) is 22.6 Å². The maximum Gasteiger partial charge on any atom is 0.123 e. The molecular weight excluding hydrogens is 257 g/mol. The first-order valence-corrected chi connectivity index (χ1v) is 6.51. The Morgan fingerprint density at radius 2 is 1.90 bits per heavy atom. The second kappa shape index (κ2) is 6.91. The highest BCUT2D eigenvalue weighted by Gasteiger charge is 2.00. The van der Waals surface area contributed by atoms with Gasteiger partial charge in [0, 0.05) is 12.2 Å². The molecule has 0 bridgehead atoms. The van der Waals surface area contributed by atoms with Crippen molar-refractivity contribution >= 4 is 5.69 Å². The van der Waals surface area contributed by atoms with Crippen LogP contribution >= 0.6 is 0 Å². The highest BCUT2D eigenvalue weighted by molar-refractivity contribution is 5.47. The molecular formula is C16H18FNO2. The molecule has 3 nitrogen and oxygen atoms in total. The third kappa shape index (κ3) is 3.96. The van der Waals surface area contributed by atoms with Gasteiger partial charge in [0.15, 0.2) is 0 Å². The summed E-state index contributed by atoms with van der Waals surface area (Å²) in [5.41, 5.74) is 2.96. The normalized spacial score (nSPS) is 10.3. The first-order valence-electron chi connectivity index (χ1n) is 6.51. The van der Waals surface area contributed by atoms with Crippen LogP contribution in [-0.4, -0.2) is 18.3 Å². The molecule has 0 saturated carbocycles. The van der Waals surface area contributed by atoms with Gasteiger partial charge >= 0.3 is 0 Å². The predicted molar refractivity (Wildman–Crippen MR) is 77.5 cm³/mol. The van der Waals surface area contributed by atoms with Crippen molar-refractivity contribution < 1.29 is 14.2 Å². The van der Waals surface area contributed by atoms with E-state index in [1.54, 1.807) is 6.07 Å². The summed E-state index contributed by atoms with van der Waals surface area (Å²) in [6.07, 6.45) is 0. The Kier molecular flexibility index (Phi) is 4.96. The largest absolute Gasteiger partial charge is 0.491 e. The van der Waals surface area contributed by atoms with Gasteiger partial charge < -0.3 is 15.2 Å². The summed E-state index contributed by atoms with van der Waals surface area (Å²) in [7, 11) is 0. The van der Waals surface area contributed by atoms with E-state index in [1.807, 2.05) is 31.2 Å². The maximum absolute atomic E-state index is 13.0. The minimum absolute atomic E-state index is 0.00381. The zero-order chi connectivity index (χ0) is 14.4. The Morgan fingerprint density at radius 1 is 1.15 bits per heavy atom. The van der Waals surface area contributed by atoms with Crippen molar-refractivity contribution in [1.29, 1.82) is 0 Å². The van der Waals surface area contributed by atoms with Gasteiger partial charge in [-0.3, -0.25) is 0 Å². The van der Waals surface area contributed by atoms with E-state index >= 15 is 0 Å². The Balaban J connectivity index is 1.93. The van der Waals surface area contributed by atoms with E-state index in [-0.39, 0.29) is 12.4 Å². The summed E-state index contributed by atoms with van der Waals surface area (Å²) in [5, 5.41) is 12.0. The van der Waals surface area contributed by atoms with E-state index in [4.69, 9.17) is 9.84 Å². The van der Waals surface area contributed by atoms with Gasteiger partial charge in [-0.25, -0.2) is 4.39 Å². The van der Waals surface area contributed by atoms with Crippen molar-refractivity contribution in [2.45, 2.75) is 13.5 Å². The van der Waals surface area contributed by atoms with Crippen molar-refractivity contribution in [2.24, 2.45) is 0 Å². The summed E-state index contributed by atoms with van der Waals surface area (Å²) >= 11 is 0. The Morgan fingerprint density at radius 3 is 2.55 bits per heavy atom. The molecule has 0 atom stereocenters. The highest BCUT2D eigenvalue weighted by Crippen LogP contribution is 2.17.